The number of thioether (sulfide) groups is 1. The molecular formula is C13H18ClN3O4S. The van der Waals surface area contributed by atoms with Gasteiger partial charge in [0.1, 0.15) is 23.5 Å². The van der Waals surface area contributed by atoms with Crippen LogP contribution >= 0.6 is 23.4 Å². The highest BCUT2D eigenvalue weighted by Crippen LogP contribution is 2.50. The van der Waals surface area contributed by atoms with E-state index in [0.717, 1.165) is 0 Å². The lowest BCUT2D eigenvalue weighted by molar-refractivity contribution is -0.161. The van der Waals surface area contributed by atoms with Gasteiger partial charge in [-0.05, 0) is 26.3 Å². The van der Waals surface area contributed by atoms with Crippen LogP contribution < -0.4 is 11.1 Å². The fourth-order valence-electron chi connectivity index (χ4n) is 2.66. The van der Waals surface area contributed by atoms with Crippen LogP contribution in [-0.4, -0.2) is 56.0 Å². The second kappa shape index (κ2) is 5.75. The van der Waals surface area contributed by atoms with Crippen LogP contribution in [-0.2, 0) is 14.4 Å². The molecule has 0 aliphatic carbocycles. The van der Waals surface area contributed by atoms with E-state index in [1.165, 1.54) is 22.2 Å². The smallest absolute Gasteiger partial charge is 0.327 e. The average molecular weight is 348 g/mol. The summed E-state index contributed by atoms with van der Waals surface area (Å²) >= 11 is 6.88. The van der Waals surface area contributed by atoms with Gasteiger partial charge in [-0.3, -0.25) is 9.59 Å². The van der Waals surface area contributed by atoms with Crippen LogP contribution in [0.1, 0.15) is 20.8 Å². The summed E-state index contributed by atoms with van der Waals surface area (Å²) in [5.74, 6) is -1.95. The largest absolute Gasteiger partial charge is 0.480 e. The van der Waals surface area contributed by atoms with Crippen molar-refractivity contribution in [3.05, 3.63) is 11.1 Å². The summed E-state index contributed by atoms with van der Waals surface area (Å²) in [6.07, 6.45) is 0. The van der Waals surface area contributed by atoms with Crippen molar-refractivity contribution in [2.45, 2.75) is 49.0 Å². The Hall–Kier alpha value is -1.25. The number of fused-ring (bicyclic) bond motifs is 1. The molecule has 4 atom stereocenters. The van der Waals surface area contributed by atoms with E-state index in [1.54, 1.807) is 20.8 Å². The molecule has 2 amide bonds. The Morgan fingerprint density at radius 3 is 2.64 bits per heavy atom. The first kappa shape index (κ1) is 17.1. The maximum Gasteiger partial charge on any atom is 0.327 e. The SMILES string of the molecule is C/C(=C\Cl)C(N)C(=O)N[C@H]1C(=O)N2[C@@H]1SC(C)(C)[C@@H]2C(=O)O. The molecule has 0 aromatic rings. The summed E-state index contributed by atoms with van der Waals surface area (Å²) in [6, 6.07) is -2.59. The van der Waals surface area contributed by atoms with Gasteiger partial charge in [0.25, 0.3) is 0 Å². The molecule has 0 aromatic carbocycles. The first-order valence-corrected chi connectivity index (χ1v) is 7.99. The van der Waals surface area contributed by atoms with E-state index in [2.05, 4.69) is 5.32 Å². The van der Waals surface area contributed by atoms with Gasteiger partial charge < -0.3 is 21.1 Å². The number of carboxylic acid groups (broad SMARTS) is 1. The van der Waals surface area contributed by atoms with Gasteiger partial charge in [-0.15, -0.1) is 11.8 Å². The summed E-state index contributed by atoms with van der Waals surface area (Å²) in [7, 11) is 0. The van der Waals surface area contributed by atoms with Crippen molar-refractivity contribution in [2.75, 3.05) is 0 Å². The van der Waals surface area contributed by atoms with E-state index in [0.29, 0.717) is 5.57 Å². The van der Waals surface area contributed by atoms with E-state index in [1.807, 2.05) is 0 Å². The van der Waals surface area contributed by atoms with Crippen molar-refractivity contribution in [1.82, 2.24) is 10.2 Å². The summed E-state index contributed by atoms with van der Waals surface area (Å²) in [4.78, 5) is 36.9. The van der Waals surface area contributed by atoms with Gasteiger partial charge >= 0.3 is 5.97 Å². The van der Waals surface area contributed by atoms with Crippen LogP contribution in [0.2, 0.25) is 0 Å². The minimum atomic E-state index is -1.05. The molecule has 0 saturated carbocycles. The number of carboxylic acids is 1. The number of hydrogen-bond acceptors (Lipinski definition) is 5. The van der Waals surface area contributed by atoms with E-state index < -0.39 is 40.7 Å². The van der Waals surface area contributed by atoms with Gasteiger partial charge in [0, 0.05) is 10.3 Å². The Balaban J connectivity index is 2.11. The maximum atomic E-state index is 12.2. The van der Waals surface area contributed by atoms with Gasteiger partial charge in [-0.25, -0.2) is 4.79 Å². The monoisotopic (exact) mass is 347 g/mol. The van der Waals surface area contributed by atoms with Crippen LogP contribution in [0.15, 0.2) is 11.1 Å². The number of carbonyl (C=O) groups is 3. The van der Waals surface area contributed by atoms with Gasteiger partial charge in [0.15, 0.2) is 0 Å². The second-order valence-electron chi connectivity index (χ2n) is 5.92. The Bertz CT molecular complexity index is 565. The third kappa shape index (κ3) is 2.59. The fourth-order valence-corrected chi connectivity index (χ4v) is 4.42. The highest BCUT2D eigenvalue weighted by atomic mass is 35.5. The number of carbonyl (C=O) groups excluding carboxylic acids is 2. The number of hydrogen-bond donors (Lipinski definition) is 3. The quantitative estimate of drug-likeness (QED) is 0.621. The Morgan fingerprint density at radius 1 is 1.55 bits per heavy atom. The maximum absolute atomic E-state index is 12.2. The number of nitrogens with zero attached hydrogens (tertiary/aromatic N) is 1. The zero-order chi connectivity index (χ0) is 16.8. The van der Waals surface area contributed by atoms with Crippen molar-refractivity contribution < 1.29 is 19.5 Å². The number of halogens is 1. The molecular weight excluding hydrogens is 330 g/mol. The molecule has 0 bridgehead atoms. The first-order valence-electron chi connectivity index (χ1n) is 6.67. The lowest BCUT2D eigenvalue weighted by Gasteiger charge is -2.43. The molecule has 2 rings (SSSR count). The minimum Gasteiger partial charge on any atom is -0.480 e. The second-order valence-corrected chi connectivity index (χ2v) is 7.90. The summed E-state index contributed by atoms with van der Waals surface area (Å²) in [6.45, 7) is 5.15. The zero-order valence-electron chi connectivity index (χ0n) is 12.4. The molecule has 9 heteroatoms. The standard InChI is InChI=1S/C13H18ClN3O4S/c1-5(4-14)6(15)9(18)16-7-10(19)17-8(12(20)21)13(2,3)22-11(7)17/h4,6-8,11H,15H2,1-3H3,(H,16,18)(H,20,21)/b5-4+/t6?,7-,8-,11+/m0/s1. The zero-order valence-corrected chi connectivity index (χ0v) is 13.9. The molecule has 2 heterocycles. The summed E-state index contributed by atoms with van der Waals surface area (Å²) in [5.41, 5.74) is 7.41. The van der Waals surface area contributed by atoms with Crippen molar-refractivity contribution in [3.63, 3.8) is 0 Å². The van der Waals surface area contributed by atoms with Crippen LogP contribution in [0.4, 0.5) is 0 Å². The van der Waals surface area contributed by atoms with Crippen molar-refractivity contribution >= 4 is 41.1 Å². The summed E-state index contributed by atoms with van der Waals surface area (Å²) in [5, 5.41) is 11.5. The molecule has 2 aliphatic heterocycles. The molecule has 0 radical (unpaired) electrons. The molecule has 2 aliphatic rings. The number of β-lactam (4-membered cyclic amide) rings is 1. The van der Waals surface area contributed by atoms with E-state index in [4.69, 9.17) is 17.3 Å². The molecule has 1 unspecified atom stereocenters. The van der Waals surface area contributed by atoms with Crippen LogP contribution in [0.25, 0.3) is 0 Å². The molecule has 4 N–H and O–H groups in total. The first-order chi connectivity index (χ1) is 10.1. The summed E-state index contributed by atoms with van der Waals surface area (Å²) < 4.78 is -0.625. The van der Waals surface area contributed by atoms with Gasteiger partial charge in [-0.2, -0.15) is 0 Å². The molecule has 2 fully saturated rings. The molecule has 22 heavy (non-hydrogen) atoms. The predicted molar refractivity (Wildman–Crippen MR) is 83.2 cm³/mol. The number of rotatable bonds is 4. The van der Waals surface area contributed by atoms with Gasteiger partial charge in [0.05, 0.1) is 0 Å². The normalized spacial score (nSPS) is 31.3. The molecule has 0 spiro atoms. The van der Waals surface area contributed by atoms with E-state index in [-0.39, 0.29) is 5.37 Å². The van der Waals surface area contributed by atoms with E-state index in [9.17, 15) is 19.5 Å². The number of aliphatic carboxylic acids is 1. The van der Waals surface area contributed by atoms with Crippen LogP contribution in [0.3, 0.4) is 0 Å². The highest BCUT2D eigenvalue weighted by Gasteiger charge is 2.64. The highest BCUT2D eigenvalue weighted by molar-refractivity contribution is 8.01. The Labute approximate surface area is 137 Å². The van der Waals surface area contributed by atoms with Gasteiger partial charge in [0.2, 0.25) is 11.8 Å². The van der Waals surface area contributed by atoms with Crippen molar-refractivity contribution in [3.8, 4) is 0 Å². The molecule has 2 saturated heterocycles. The number of nitrogens with two attached hydrogens (primary N) is 1. The van der Waals surface area contributed by atoms with Crippen LogP contribution in [0.5, 0.6) is 0 Å². The molecule has 7 nitrogen and oxygen atoms in total. The molecule has 0 aromatic heterocycles. The minimum absolute atomic E-state index is 0.389. The predicted octanol–water partition coefficient (Wildman–Crippen LogP) is 0.0880. The molecule has 122 valence electrons. The van der Waals surface area contributed by atoms with Crippen LogP contribution in [0, 0.1) is 0 Å². The number of nitrogens with one attached hydrogen (secondary N) is 1. The van der Waals surface area contributed by atoms with Crippen molar-refractivity contribution in [1.29, 1.82) is 0 Å². The Morgan fingerprint density at radius 2 is 2.14 bits per heavy atom. The lowest BCUT2D eigenvalue weighted by atomic mass is 9.96. The lowest BCUT2D eigenvalue weighted by Crippen LogP contribution is -2.71. The van der Waals surface area contributed by atoms with Gasteiger partial charge in [-0.1, -0.05) is 11.6 Å². The fraction of sp³-hybridized carbons (Fsp3) is 0.615. The van der Waals surface area contributed by atoms with Crippen molar-refractivity contribution in [2.24, 2.45) is 5.73 Å². The number of amides is 2. The average Bonchev–Trinajstić information content (AvgIpc) is 2.71. The topological polar surface area (TPSA) is 113 Å². The van der Waals surface area contributed by atoms with E-state index >= 15 is 0 Å². The third-order valence-electron chi connectivity index (χ3n) is 3.92. The third-order valence-corrected chi connectivity index (χ3v) is 5.83. The Kier molecular flexibility index (Phi) is 4.47.